The topological polar surface area (TPSA) is 120 Å². The molecule has 1 atom stereocenters. The van der Waals surface area contributed by atoms with E-state index in [9.17, 15) is 18.0 Å². The van der Waals surface area contributed by atoms with Crippen LogP contribution in [0.2, 0.25) is 0 Å². The van der Waals surface area contributed by atoms with Crippen molar-refractivity contribution in [3.05, 3.63) is 89.6 Å². The second-order valence-electron chi connectivity index (χ2n) is 8.51. The summed E-state index contributed by atoms with van der Waals surface area (Å²) in [4.78, 5) is 30.4. The van der Waals surface area contributed by atoms with Gasteiger partial charge in [0.05, 0.1) is 5.56 Å². The number of nitrogens with one attached hydrogen (secondary N) is 1. The van der Waals surface area contributed by atoms with E-state index in [4.69, 9.17) is 10.5 Å². The Morgan fingerprint density at radius 2 is 1.78 bits per heavy atom. The number of halogens is 3. The summed E-state index contributed by atoms with van der Waals surface area (Å²) in [5.74, 6) is -2.62. The fraction of sp³-hybridized carbons (Fsp3) is 0.0800. The van der Waals surface area contributed by atoms with Crippen molar-refractivity contribution < 1.29 is 22.7 Å². The minimum Gasteiger partial charge on any atom is -0.433 e. The summed E-state index contributed by atoms with van der Waals surface area (Å²) in [5.41, 5.74) is 6.32. The van der Waals surface area contributed by atoms with Gasteiger partial charge < -0.3 is 20.2 Å². The molecule has 1 unspecified atom stereocenters. The molecule has 0 spiro atoms. The van der Waals surface area contributed by atoms with Crippen molar-refractivity contribution >= 4 is 23.2 Å². The van der Waals surface area contributed by atoms with Gasteiger partial charge >= 0.3 is 0 Å². The summed E-state index contributed by atoms with van der Waals surface area (Å²) in [7, 11) is 0. The molecule has 3 N–H and O–H groups in total. The molecular weight excluding hydrogens is 487 g/mol. The molecule has 0 aliphatic carbocycles. The van der Waals surface area contributed by atoms with Crippen LogP contribution in [0.3, 0.4) is 0 Å². The van der Waals surface area contributed by atoms with E-state index < -0.39 is 28.8 Å². The Balaban J connectivity index is 1.46. The molecule has 0 radical (unpaired) electrons. The van der Waals surface area contributed by atoms with Crippen molar-refractivity contribution in [3.8, 4) is 23.1 Å². The number of benzene rings is 2. The number of imidazole rings is 1. The van der Waals surface area contributed by atoms with E-state index in [2.05, 4.69) is 25.3 Å². The number of hydrogen-bond donors (Lipinski definition) is 2. The number of nitrogens with zero attached hydrogens (tertiary/aromatic N) is 5. The van der Waals surface area contributed by atoms with E-state index in [-0.39, 0.29) is 40.4 Å². The lowest BCUT2D eigenvalue weighted by Crippen LogP contribution is -2.33. The maximum absolute atomic E-state index is 14.2. The first-order chi connectivity index (χ1) is 17.7. The van der Waals surface area contributed by atoms with Crippen LogP contribution in [0.1, 0.15) is 18.1 Å². The van der Waals surface area contributed by atoms with Gasteiger partial charge in [0.25, 0.3) is 5.88 Å². The van der Waals surface area contributed by atoms with Gasteiger partial charge in [-0.2, -0.15) is 0 Å². The van der Waals surface area contributed by atoms with Gasteiger partial charge in [0.2, 0.25) is 11.6 Å². The molecule has 5 aromatic rings. The predicted molar refractivity (Wildman–Crippen MR) is 126 cm³/mol. The van der Waals surface area contributed by atoms with Crippen LogP contribution in [0.4, 0.5) is 24.8 Å². The normalized spacial score (nSPS) is 16.6. The number of carbonyl (C=O) groups excluding carboxylic acids is 1. The number of anilines is 2. The number of nitrogens with two attached hydrogens (primary N) is 1. The number of carbonyl (C=O) groups is 1. The minimum absolute atomic E-state index is 0.0105. The van der Waals surface area contributed by atoms with Crippen molar-refractivity contribution in [3.63, 3.8) is 0 Å². The zero-order valence-corrected chi connectivity index (χ0v) is 19.0. The molecule has 2 aromatic carbocycles. The van der Waals surface area contributed by atoms with Crippen LogP contribution >= 0.6 is 0 Å². The van der Waals surface area contributed by atoms with E-state index in [1.54, 1.807) is 23.7 Å². The van der Waals surface area contributed by atoms with Gasteiger partial charge in [0.1, 0.15) is 34.4 Å². The van der Waals surface area contributed by atoms with Crippen molar-refractivity contribution in [1.82, 2.24) is 24.3 Å². The Morgan fingerprint density at radius 3 is 2.57 bits per heavy atom. The van der Waals surface area contributed by atoms with E-state index >= 15 is 0 Å². The minimum atomic E-state index is -1.25. The summed E-state index contributed by atoms with van der Waals surface area (Å²) in [6.07, 6.45) is 4.62. The fourth-order valence-corrected chi connectivity index (χ4v) is 4.32. The van der Waals surface area contributed by atoms with Gasteiger partial charge in [-0.15, -0.1) is 0 Å². The Morgan fingerprint density at radius 1 is 1.03 bits per heavy atom. The highest BCUT2D eigenvalue weighted by Gasteiger charge is 2.47. The molecule has 37 heavy (non-hydrogen) atoms. The van der Waals surface area contributed by atoms with Gasteiger partial charge in [0.15, 0.2) is 17.4 Å². The lowest BCUT2D eigenvalue weighted by molar-refractivity contribution is -0.119. The molecule has 1 aliphatic rings. The monoisotopic (exact) mass is 503 g/mol. The number of ether oxygens (including phenoxy) is 1. The molecule has 9 nitrogen and oxygen atoms in total. The highest BCUT2D eigenvalue weighted by Crippen LogP contribution is 2.45. The van der Waals surface area contributed by atoms with Gasteiger partial charge in [-0.3, -0.25) is 4.79 Å². The smallest absolute Gasteiger partial charge is 0.264 e. The van der Waals surface area contributed by atoms with E-state index in [1.165, 1.54) is 30.5 Å². The van der Waals surface area contributed by atoms with Crippen molar-refractivity contribution in [2.75, 3.05) is 11.1 Å². The highest BCUT2D eigenvalue weighted by atomic mass is 19.1. The Bertz CT molecular complexity index is 1720. The standard InChI is InChI=1S/C25H16F3N7O2/c1-25(12-2-4-13(26)5-3-12)18-19(29)32-20(33-21(18)34-24(25)36)16-11-35-9-8-30-22(35)23(31-16)37-17-10-14(27)6-7-15(17)28/h2-11H,1H3,(H3,29,32,33,34,36). The van der Waals surface area contributed by atoms with E-state index in [0.717, 1.165) is 18.2 Å². The summed E-state index contributed by atoms with van der Waals surface area (Å²) >= 11 is 0. The van der Waals surface area contributed by atoms with Crippen LogP contribution in [0.25, 0.3) is 17.2 Å². The lowest BCUT2D eigenvalue weighted by atomic mass is 9.78. The van der Waals surface area contributed by atoms with Crippen LogP contribution in [-0.4, -0.2) is 30.2 Å². The summed E-state index contributed by atoms with van der Waals surface area (Å²) < 4.78 is 48.5. The third-order valence-corrected chi connectivity index (χ3v) is 6.22. The Labute approximate surface area is 206 Å². The SMILES string of the molecule is CC1(c2ccc(F)cc2)C(=O)Nc2nc(-c3cn4ccnc4c(Oc4cc(F)ccc4F)n3)nc(N)c21. The van der Waals surface area contributed by atoms with Crippen molar-refractivity contribution in [2.45, 2.75) is 12.3 Å². The van der Waals surface area contributed by atoms with Crippen molar-refractivity contribution in [2.24, 2.45) is 0 Å². The number of aromatic nitrogens is 5. The highest BCUT2D eigenvalue weighted by molar-refractivity contribution is 6.09. The zero-order valence-electron chi connectivity index (χ0n) is 19.0. The van der Waals surface area contributed by atoms with Gasteiger partial charge in [0, 0.05) is 24.7 Å². The number of amides is 1. The average Bonchev–Trinajstić information content (AvgIpc) is 3.44. The molecule has 184 valence electrons. The first-order valence-electron chi connectivity index (χ1n) is 11.0. The quantitative estimate of drug-likeness (QED) is 0.376. The summed E-state index contributed by atoms with van der Waals surface area (Å²) in [6.45, 7) is 1.65. The third kappa shape index (κ3) is 3.53. The first-order valence-corrected chi connectivity index (χ1v) is 11.0. The molecule has 1 aliphatic heterocycles. The summed E-state index contributed by atoms with van der Waals surface area (Å²) in [6, 6.07) is 8.30. The first kappa shape index (κ1) is 22.5. The molecule has 0 bridgehead atoms. The van der Waals surface area contributed by atoms with Crippen LogP contribution in [0.15, 0.2) is 61.1 Å². The lowest BCUT2D eigenvalue weighted by Gasteiger charge is -2.23. The number of nitrogen functional groups attached to an aromatic ring is 1. The number of rotatable bonds is 4. The van der Waals surface area contributed by atoms with Crippen LogP contribution < -0.4 is 15.8 Å². The molecular formula is C25H16F3N7O2. The van der Waals surface area contributed by atoms with E-state index in [0.29, 0.717) is 11.1 Å². The second kappa shape index (κ2) is 8.01. The molecule has 3 aromatic heterocycles. The van der Waals surface area contributed by atoms with Gasteiger partial charge in [-0.25, -0.2) is 33.1 Å². The maximum atomic E-state index is 14.2. The maximum Gasteiger partial charge on any atom is 0.264 e. The van der Waals surface area contributed by atoms with Crippen LogP contribution in [0.5, 0.6) is 11.6 Å². The Kier molecular flexibility index (Phi) is 4.87. The fourth-order valence-electron chi connectivity index (χ4n) is 4.32. The Hall–Kier alpha value is -5.00. The van der Waals surface area contributed by atoms with Gasteiger partial charge in [-0.05, 0) is 36.8 Å². The number of hydrogen-bond acceptors (Lipinski definition) is 7. The second-order valence-corrected chi connectivity index (χ2v) is 8.51. The molecule has 0 fully saturated rings. The van der Waals surface area contributed by atoms with Gasteiger partial charge in [-0.1, -0.05) is 12.1 Å². The molecule has 0 saturated heterocycles. The summed E-state index contributed by atoms with van der Waals surface area (Å²) in [5, 5.41) is 2.72. The molecule has 0 saturated carbocycles. The van der Waals surface area contributed by atoms with E-state index in [1.807, 2.05) is 0 Å². The number of fused-ring (bicyclic) bond motifs is 2. The third-order valence-electron chi connectivity index (χ3n) is 6.22. The van der Waals surface area contributed by atoms with Crippen LogP contribution in [0, 0.1) is 17.5 Å². The average molecular weight is 503 g/mol. The molecule has 6 rings (SSSR count). The molecule has 12 heteroatoms. The zero-order chi connectivity index (χ0) is 25.9. The predicted octanol–water partition coefficient (Wildman–Crippen LogP) is 4.24. The largest absolute Gasteiger partial charge is 0.433 e. The molecule has 1 amide bonds. The van der Waals surface area contributed by atoms with Crippen molar-refractivity contribution in [1.29, 1.82) is 0 Å². The van der Waals surface area contributed by atoms with Crippen LogP contribution in [-0.2, 0) is 10.2 Å². The molecule has 4 heterocycles.